The fraction of sp³-hybridized carbons (Fsp3) is 0.368. The molecule has 24 heavy (non-hydrogen) atoms. The largest absolute Gasteiger partial charge is 0.399 e. The Morgan fingerprint density at radius 2 is 1.54 bits per heavy atom. The predicted octanol–water partition coefficient (Wildman–Crippen LogP) is 3.55. The molecule has 1 saturated heterocycles. The molecule has 2 aromatic rings. The number of nitrogen functional groups attached to an aromatic ring is 1. The maximum Gasteiger partial charge on any atom is 0.0478 e. The highest BCUT2D eigenvalue weighted by Crippen LogP contribution is 2.40. The van der Waals surface area contributed by atoms with Crippen molar-refractivity contribution in [3.05, 3.63) is 65.2 Å². The summed E-state index contributed by atoms with van der Waals surface area (Å²) >= 11 is 0. The molecule has 3 nitrogen and oxygen atoms in total. The Kier molecular flexibility index (Phi) is 6.16. The average molecular weight is 366 g/mol. The number of nitrogens with two attached hydrogens (primary N) is 1. The van der Waals surface area contributed by atoms with Crippen LogP contribution in [0.5, 0.6) is 0 Å². The van der Waals surface area contributed by atoms with Crippen molar-refractivity contribution in [2.45, 2.75) is 12.0 Å². The zero-order valence-electron chi connectivity index (χ0n) is 13.9. The van der Waals surface area contributed by atoms with Crippen molar-refractivity contribution in [2.75, 3.05) is 39.0 Å². The van der Waals surface area contributed by atoms with Crippen LogP contribution in [0.4, 0.5) is 5.69 Å². The monoisotopic (exact) mass is 365 g/mol. The van der Waals surface area contributed by atoms with E-state index in [-0.39, 0.29) is 24.8 Å². The molecule has 2 aliphatic heterocycles. The van der Waals surface area contributed by atoms with E-state index in [0.717, 1.165) is 31.9 Å². The van der Waals surface area contributed by atoms with Gasteiger partial charge in [-0.3, -0.25) is 4.90 Å². The zero-order valence-corrected chi connectivity index (χ0v) is 15.5. The van der Waals surface area contributed by atoms with Gasteiger partial charge in [0.1, 0.15) is 0 Å². The summed E-state index contributed by atoms with van der Waals surface area (Å²) in [5.41, 5.74) is 11.1. The summed E-state index contributed by atoms with van der Waals surface area (Å²) < 4.78 is 0. The average Bonchev–Trinajstić information content (AvgIpc) is 2.55. The quantitative estimate of drug-likeness (QED) is 0.784. The van der Waals surface area contributed by atoms with Crippen LogP contribution in [0.15, 0.2) is 48.5 Å². The summed E-state index contributed by atoms with van der Waals surface area (Å²) in [7, 11) is 2.23. The molecule has 0 radical (unpaired) electrons. The molecule has 0 aromatic heterocycles. The molecule has 2 heterocycles. The number of anilines is 1. The Balaban J connectivity index is 0.00000104. The van der Waals surface area contributed by atoms with Crippen LogP contribution >= 0.6 is 24.8 Å². The lowest BCUT2D eigenvalue weighted by molar-refractivity contribution is 0.0772. The van der Waals surface area contributed by atoms with Crippen molar-refractivity contribution in [2.24, 2.45) is 0 Å². The van der Waals surface area contributed by atoms with E-state index in [9.17, 15) is 0 Å². The minimum absolute atomic E-state index is 0. The van der Waals surface area contributed by atoms with Gasteiger partial charge in [0.15, 0.2) is 0 Å². The number of likely N-dealkylation sites (N-methyl/N-ethyl adjacent to an activating group) is 1. The van der Waals surface area contributed by atoms with Crippen molar-refractivity contribution < 1.29 is 0 Å². The van der Waals surface area contributed by atoms with E-state index in [4.69, 9.17) is 5.73 Å². The molecule has 2 atom stereocenters. The first-order valence-corrected chi connectivity index (χ1v) is 8.09. The Morgan fingerprint density at radius 1 is 0.875 bits per heavy atom. The Hall–Kier alpha value is -1.26. The molecule has 2 aliphatic rings. The summed E-state index contributed by atoms with van der Waals surface area (Å²) in [5.74, 6) is 0.455. The van der Waals surface area contributed by atoms with Crippen LogP contribution in [0.2, 0.25) is 0 Å². The van der Waals surface area contributed by atoms with E-state index in [2.05, 4.69) is 53.2 Å². The van der Waals surface area contributed by atoms with E-state index in [1.807, 2.05) is 12.1 Å². The van der Waals surface area contributed by atoms with Crippen molar-refractivity contribution in [3.63, 3.8) is 0 Å². The normalized spacial score (nSPS) is 23.4. The zero-order chi connectivity index (χ0) is 15.1. The smallest absolute Gasteiger partial charge is 0.0478 e. The van der Waals surface area contributed by atoms with Crippen LogP contribution in [0.3, 0.4) is 0 Å². The Bertz CT molecular complexity index is 675. The number of hydrogen-bond acceptors (Lipinski definition) is 3. The van der Waals surface area contributed by atoms with Gasteiger partial charge in [-0.15, -0.1) is 24.8 Å². The van der Waals surface area contributed by atoms with Gasteiger partial charge in [0, 0.05) is 43.8 Å². The Labute approximate surface area is 156 Å². The summed E-state index contributed by atoms with van der Waals surface area (Å²) in [6, 6.07) is 17.9. The van der Waals surface area contributed by atoms with Crippen LogP contribution < -0.4 is 5.73 Å². The lowest BCUT2D eigenvalue weighted by Gasteiger charge is -2.46. The van der Waals surface area contributed by atoms with Gasteiger partial charge in [0.05, 0.1) is 0 Å². The van der Waals surface area contributed by atoms with Gasteiger partial charge in [-0.1, -0.05) is 36.4 Å². The number of nitrogens with zero attached hydrogens (tertiary/aromatic N) is 2. The lowest BCUT2D eigenvalue weighted by atomic mass is 9.80. The van der Waals surface area contributed by atoms with Gasteiger partial charge in [-0.05, 0) is 35.9 Å². The number of halogens is 2. The van der Waals surface area contributed by atoms with Crippen LogP contribution in [0.25, 0.3) is 0 Å². The van der Waals surface area contributed by atoms with E-state index < -0.39 is 0 Å². The highest BCUT2D eigenvalue weighted by molar-refractivity contribution is 5.85. The molecule has 0 spiro atoms. The van der Waals surface area contributed by atoms with Gasteiger partial charge < -0.3 is 10.6 Å². The van der Waals surface area contributed by atoms with Gasteiger partial charge in [0.25, 0.3) is 0 Å². The van der Waals surface area contributed by atoms with Crippen LogP contribution in [-0.2, 0) is 0 Å². The second-order valence-corrected chi connectivity index (χ2v) is 6.62. The predicted molar refractivity (Wildman–Crippen MR) is 105 cm³/mol. The minimum Gasteiger partial charge on any atom is -0.399 e. The topological polar surface area (TPSA) is 32.5 Å². The van der Waals surface area contributed by atoms with Crippen molar-refractivity contribution >= 4 is 30.5 Å². The van der Waals surface area contributed by atoms with Crippen molar-refractivity contribution in [1.29, 1.82) is 0 Å². The summed E-state index contributed by atoms with van der Waals surface area (Å²) in [5, 5.41) is 0. The van der Waals surface area contributed by atoms with Gasteiger partial charge in [0.2, 0.25) is 0 Å². The second kappa shape index (κ2) is 7.75. The molecule has 2 N–H and O–H groups in total. The molecule has 5 heteroatoms. The lowest BCUT2D eigenvalue weighted by Crippen LogP contribution is -2.50. The molecule has 0 bridgehead atoms. The maximum absolute atomic E-state index is 5.86. The van der Waals surface area contributed by atoms with E-state index >= 15 is 0 Å². The fourth-order valence-electron chi connectivity index (χ4n) is 3.95. The molecular formula is C19H25Cl2N3. The molecule has 4 rings (SSSR count). The SMILES string of the molecule is CN1CCN2CC(c3ccc(N)cc3)c3ccccc3C2C1.Cl.Cl. The summed E-state index contributed by atoms with van der Waals surface area (Å²) in [6.07, 6.45) is 0. The summed E-state index contributed by atoms with van der Waals surface area (Å²) in [4.78, 5) is 5.10. The molecule has 0 aliphatic carbocycles. The number of rotatable bonds is 1. The molecule has 2 unspecified atom stereocenters. The third kappa shape index (κ3) is 3.40. The number of piperazine rings is 1. The first-order chi connectivity index (χ1) is 10.7. The third-order valence-corrected chi connectivity index (χ3v) is 5.18. The first kappa shape index (κ1) is 19.1. The van der Waals surface area contributed by atoms with E-state index in [0.29, 0.717) is 12.0 Å². The molecule has 0 amide bonds. The van der Waals surface area contributed by atoms with Crippen LogP contribution in [0, 0.1) is 0 Å². The molecule has 0 saturated carbocycles. The summed E-state index contributed by atoms with van der Waals surface area (Å²) in [6.45, 7) is 4.55. The molecule has 1 fully saturated rings. The highest BCUT2D eigenvalue weighted by Gasteiger charge is 2.36. The second-order valence-electron chi connectivity index (χ2n) is 6.62. The third-order valence-electron chi connectivity index (χ3n) is 5.18. The number of benzene rings is 2. The van der Waals surface area contributed by atoms with Gasteiger partial charge in [-0.25, -0.2) is 0 Å². The number of fused-ring (bicyclic) bond motifs is 3. The van der Waals surface area contributed by atoms with Crippen molar-refractivity contribution in [3.8, 4) is 0 Å². The van der Waals surface area contributed by atoms with Crippen LogP contribution in [0.1, 0.15) is 28.7 Å². The standard InChI is InChI=1S/C19H23N3.2ClH/c1-21-10-11-22-12-18(14-6-8-15(20)9-7-14)16-4-2-3-5-17(16)19(22)13-21;;/h2-9,18-19H,10-13,20H2,1H3;2*1H. The molecular weight excluding hydrogens is 341 g/mol. The Morgan fingerprint density at radius 3 is 2.25 bits per heavy atom. The first-order valence-electron chi connectivity index (χ1n) is 8.09. The van der Waals surface area contributed by atoms with Crippen molar-refractivity contribution in [1.82, 2.24) is 9.80 Å². The minimum atomic E-state index is 0. The van der Waals surface area contributed by atoms with Gasteiger partial charge >= 0.3 is 0 Å². The van der Waals surface area contributed by atoms with E-state index in [1.165, 1.54) is 16.7 Å². The molecule has 130 valence electrons. The van der Waals surface area contributed by atoms with Gasteiger partial charge in [-0.2, -0.15) is 0 Å². The van der Waals surface area contributed by atoms with E-state index in [1.54, 1.807) is 0 Å². The number of hydrogen-bond donors (Lipinski definition) is 1. The fourth-order valence-corrected chi connectivity index (χ4v) is 3.95. The molecule has 2 aromatic carbocycles. The highest BCUT2D eigenvalue weighted by atomic mass is 35.5. The maximum atomic E-state index is 5.86. The van der Waals surface area contributed by atoms with Crippen LogP contribution in [-0.4, -0.2) is 43.0 Å².